The molecule has 0 atom stereocenters. The molecule has 0 bridgehead atoms. The Morgan fingerprint density at radius 2 is 2.19 bits per heavy atom. The normalized spacial score (nSPS) is 10.5. The van der Waals surface area contributed by atoms with Crippen LogP contribution in [-0.2, 0) is 5.88 Å². The Balaban J connectivity index is 2.08. The molecule has 3 rings (SSSR count). The van der Waals surface area contributed by atoms with Gasteiger partial charge in [-0.05, 0) is 36.8 Å². The van der Waals surface area contributed by atoms with Gasteiger partial charge >= 0.3 is 0 Å². The lowest BCUT2D eigenvalue weighted by atomic mass is 10.1. The van der Waals surface area contributed by atoms with Gasteiger partial charge in [-0.3, -0.25) is 4.40 Å². The standard InChI is InChI=1S/C16H12ClN3O/c1-11-5-6-12(10-18)8-14(11)21-16-13(9-17)20-7-3-2-4-15(20)19-16/h2-8H,9H2,1H3. The first-order chi connectivity index (χ1) is 10.2. The molecular weight excluding hydrogens is 286 g/mol. The number of halogens is 1. The minimum absolute atomic E-state index is 0.289. The van der Waals surface area contributed by atoms with E-state index < -0.39 is 0 Å². The Morgan fingerprint density at radius 3 is 2.95 bits per heavy atom. The van der Waals surface area contributed by atoms with E-state index in [1.807, 2.05) is 41.8 Å². The lowest BCUT2D eigenvalue weighted by Gasteiger charge is -2.07. The number of benzene rings is 1. The molecule has 5 heteroatoms. The van der Waals surface area contributed by atoms with Gasteiger partial charge in [0.05, 0.1) is 17.5 Å². The van der Waals surface area contributed by atoms with Crippen molar-refractivity contribution in [3.63, 3.8) is 0 Å². The zero-order valence-corrected chi connectivity index (χ0v) is 12.1. The molecule has 0 aliphatic carbocycles. The summed E-state index contributed by atoms with van der Waals surface area (Å²) in [4.78, 5) is 4.45. The third-order valence-electron chi connectivity index (χ3n) is 3.24. The molecular formula is C16H12ClN3O. The number of hydrogen-bond donors (Lipinski definition) is 0. The molecule has 21 heavy (non-hydrogen) atoms. The van der Waals surface area contributed by atoms with Gasteiger partial charge in [0.1, 0.15) is 17.1 Å². The van der Waals surface area contributed by atoms with Crippen LogP contribution < -0.4 is 4.74 Å². The summed E-state index contributed by atoms with van der Waals surface area (Å²) in [5.74, 6) is 1.37. The van der Waals surface area contributed by atoms with Crippen LogP contribution in [0.3, 0.4) is 0 Å². The first-order valence-electron chi connectivity index (χ1n) is 6.43. The highest BCUT2D eigenvalue weighted by atomic mass is 35.5. The Kier molecular flexibility index (Phi) is 3.51. The molecule has 0 N–H and O–H groups in total. The Morgan fingerprint density at radius 1 is 1.33 bits per heavy atom. The molecule has 0 unspecified atom stereocenters. The van der Waals surface area contributed by atoms with Crippen molar-refractivity contribution in [3.05, 3.63) is 59.4 Å². The van der Waals surface area contributed by atoms with Gasteiger partial charge in [0.25, 0.3) is 0 Å². The number of aryl methyl sites for hydroxylation is 1. The molecule has 4 nitrogen and oxygen atoms in total. The average molecular weight is 298 g/mol. The van der Waals surface area contributed by atoms with Gasteiger partial charge in [-0.2, -0.15) is 10.2 Å². The number of rotatable bonds is 3. The van der Waals surface area contributed by atoms with E-state index in [0.29, 0.717) is 17.2 Å². The van der Waals surface area contributed by atoms with Crippen LogP contribution in [0.5, 0.6) is 11.6 Å². The van der Waals surface area contributed by atoms with Crippen LogP contribution in [0.25, 0.3) is 5.65 Å². The Bertz CT molecular complexity index is 848. The van der Waals surface area contributed by atoms with Crippen molar-refractivity contribution in [3.8, 4) is 17.7 Å². The van der Waals surface area contributed by atoms with Gasteiger partial charge in [0.2, 0.25) is 5.88 Å². The maximum atomic E-state index is 8.99. The zero-order chi connectivity index (χ0) is 14.8. The van der Waals surface area contributed by atoms with Crippen molar-refractivity contribution in [1.82, 2.24) is 9.38 Å². The summed E-state index contributed by atoms with van der Waals surface area (Å²) in [6, 6.07) is 13.1. The summed E-state index contributed by atoms with van der Waals surface area (Å²) in [5, 5.41) is 8.99. The van der Waals surface area contributed by atoms with Crippen LogP contribution in [0, 0.1) is 18.3 Å². The van der Waals surface area contributed by atoms with E-state index in [4.69, 9.17) is 21.6 Å². The van der Waals surface area contributed by atoms with Crippen molar-refractivity contribution >= 4 is 17.2 Å². The van der Waals surface area contributed by atoms with Crippen molar-refractivity contribution in [2.24, 2.45) is 0 Å². The molecule has 2 heterocycles. The van der Waals surface area contributed by atoms with E-state index in [9.17, 15) is 0 Å². The van der Waals surface area contributed by atoms with E-state index in [1.165, 1.54) is 0 Å². The third kappa shape index (κ3) is 2.44. The van der Waals surface area contributed by atoms with Crippen molar-refractivity contribution in [2.75, 3.05) is 0 Å². The number of hydrogen-bond acceptors (Lipinski definition) is 3. The van der Waals surface area contributed by atoms with Crippen LogP contribution in [0.15, 0.2) is 42.6 Å². The quantitative estimate of drug-likeness (QED) is 0.685. The molecule has 0 aliphatic rings. The summed E-state index contributed by atoms with van der Waals surface area (Å²) in [6.45, 7) is 1.92. The van der Waals surface area contributed by atoms with Crippen LogP contribution in [0.1, 0.15) is 16.8 Å². The number of fused-ring (bicyclic) bond motifs is 1. The second-order valence-electron chi connectivity index (χ2n) is 4.62. The fraction of sp³-hybridized carbons (Fsp3) is 0.125. The number of nitriles is 1. The molecule has 0 saturated heterocycles. The minimum atomic E-state index is 0.289. The maximum Gasteiger partial charge on any atom is 0.242 e. The van der Waals surface area contributed by atoms with E-state index in [1.54, 1.807) is 12.1 Å². The van der Waals surface area contributed by atoms with Crippen molar-refractivity contribution in [2.45, 2.75) is 12.8 Å². The molecule has 0 fully saturated rings. The number of nitrogens with zero attached hydrogens (tertiary/aromatic N) is 3. The molecule has 0 saturated carbocycles. The Labute approximate surface area is 127 Å². The SMILES string of the molecule is Cc1ccc(C#N)cc1Oc1nc2ccccn2c1CCl. The van der Waals surface area contributed by atoms with E-state index in [2.05, 4.69) is 11.1 Å². The fourth-order valence-electron chi connectivity index (χ4n) is 2.11. The summed E-state index contributed by atoms with van der Waals surface area (Å²) in [6.07, 6.45) is 1.89. The minimum Gasteiger partial charge on any atom is -0.437 e. The second kappa shape index (κ2) is 5.47. The predicted molar refractivity (Wildman–Crippen MR) is 80.7 cm³/mol. The van der Waals surface area contributed by atoms with Gasteiger partial charge in [-0.15, -0.1) is 11.6 Å². The average Bonchev–Trinajstić information content (AvgIpc) is 2.86. The van der Waals surface area contributed by atoms with Crippen LogP contribution in [0.4, 0.5) is 0 Å². The summed E-state index contributed by atoms with van der Waals surface area (Å²) in [7, 11) is 0. The van der Waals surface area contributed by atoms with E-state index >= 15 is 0 Å². The number of aromatic nitrogens is 2. The lowest BCUT2D eigenvalue weighted by molar-refractivity contribution is 0.458. The number of alkyl halides is 1. The molecule has 0 spiro atoms. The highest BCUT2D eigenvalue weighted by molar-refractivity contribution is 6.17. The summed E-state index contributed by atoms with van der Waals surface area (Å²) >= 11 is 6.02. The van der Waals surface area contributed by atoms with E-state index in [0.717, 1.165) is 16.9 Å². The summed E-state index contributed by atoms with van der Waals surface area (Å²) < 4.78 is 7.79. The van der Waals surface area contributed by atoms with Gasteiger partial charge in [-0.25, -0.2) is 0 Å². The molecule has 0 aliphatic heterocycles. The summed E-state index contributed by atoms with van der Waals surface area (Å²) in [5.41, 5.74) is 3.05. The predicted octanol–water partition coefficient (Wildman–Crippen LogP) is 4.05. The van der Waals surface area contributed by atoms with Gasteiger partial charge in [0, 0.05) is 6.20 Å². The molecule has 2 aromatic heterocycles. The molecule has 104 valence electrons. The van der Waals surface area contributed by atoms with Crippen LogP contribution >= 0.6 is 11.6 Å². The number of pyridine rings is 1. The highest BCUT2D eigenvalue weighted by Crippen LogP contribution is 2.29. The smallest absolute Gasteiger partial charge is 0.242 e. The van der Waals surface area contributed by atoms with Gasteiger partial charge in [0.15, 0.2) is 0 Å². The maximum absolute atomic E-state index is 8.99. The largest absolute Gasteiger partial charge is 0.437 e. The second-order valence-corrected chi connectivity index (χ2v) is 4.89. The molecule has 1 aromatic carbocycles. The van der Waals surface area contributed by atoms with Crippen LogP contribution in [0.2, 0.25) is 0 Å². The van der Waals surface area contributed by atoms with Crippen molar-refractivity contribution < 1.29 is 4.74 Å². The molecule has 0 amide bonds. The van der Waals surface area contributed by atoms with Gasteiger partial charge < -0.3 is 4.74 Å². The van der Waals surface area contributed by atoms with E-state index in [-0.39, 0.29) is 5.88 Å². The third-order valence-corrected chi connectivity index (χ3v) is 3.50. The molecule has 0 radical (unpaired) electrons. The monoisotopic (exact) mass is 297 g/mol. The van der Waals surface area contributed by atoms with Gasteiger partial charge in [-0.1, -0.05) is 12.1 Å². The van der Waals surface area contributed by atoms with Crippen molar-refractivity contribution in [1.29, 1.82) is 5.26 Å². The molecule has 3 aromatic rings. The number of ether oxygens (including phenoxy) is 1. The Hall–Kier alpha value is -2.51. The first-order valence-corrected chi connectivity index (χ1v) is 6.97. The lowest BCUT2D eigenvalue weighted by Crippen LogP contribution is -1.93. The van der Waals surface area contributed by atoms with Crippen LogP contribution in [-0.4, -0.2) is 9.38 Å². The fourth-order valence-corrected chi connectivity index (χ4v) is 2.36. The first kappa shape index (κ1) is 13.5. The highest BCUT2D eigenvalue weighted by Gasteiger charge is 2.14. The topological polar surface area (TPSA) is 50.3 Å². The number of imidazole rings is 1. The zero-order valence-electron chi connectivity index (χ0n) is 11.4.